The van der Waals surface area contributed by atoms with Crippen LogP contribution in [0.3, 0.4) is 0 Å². The van der Waals surface area contributed by atoms with Crippen LogP contribution in [0, 0.1) is 0 Å². The summed E-state index contributed by atoms with van der Waals surface area (Å²) >= 11 is 0. The lowest BCUT2D eigenvalue weighted by Crippen LogP contribution is -2.46. The predicted octanol–water partition coefficient (Wildman–Crippen LogP) is 1.73. The third-order valence-corrected chi connectivity index (χ3v) is 3.59. The second kappa shape index (κ2) is 7.24. The van der Waals surface area contributed by atoms with Gasteiger partial charge in [0.1, 0.15) is 0 Å². The van der Waals surface area contributed by atoms with E-state index < -0.39 is 0 Å². The van der Waals surface area contributed by atoms with E-state index in [0.717, 1.165) is 44.6 Å². The number of carbonyl (C=O) groups is 1. The molecule has 0 radical (unpaired) electrons. The molecule has 0 saturated carbocycles. The van der Waals surface area contributed by atoms with Gasteiger partial charge in [0.05, 0.1) is 17.4 Å². The molecule has 0 aliphatic carbocycles. The smallest absolute Gasteiger partial charge is 0.253 e. The highest BCUT2D eigenvalue weighted by Gasteiger charge is 2.20. The molecule has 1 saturated heterocycles. The van der Waals surface area contributed by atoms with Crippen LogP contribution >= 0.6 is 0 Å². The van der Waals surface area contributed by atoms with Crippen molar-refractivity contribution in [3.05, 3.63) is 24.0 Å². The van der Waals surface area contributed by atoms with Gasteiger partial charge in [0.15, 0.2) is 0 Å². The Morgan fingerprint density at radius 3 is 3.15 bits per heavy atom. The van der Waals surface area contributed by atoms with Gasteiger partial charge in [0.25, 0.3) is 5.91 Å². The number of likely N-dealkylation sites (N-methyl/N-ethyl adjacent to an activating group) is 1. The SMILES string of the molecule is CCCNc1cnccc1C(=O)NC1CCCN(C)C1. The molecule has 0 aromatic carbocycles. The molecule has 1 unspecified atom stereocenters. The van der Waals surface area contributed by atoms with Gasteiger partial charge >= 0.3 is 0 Å². The quantitative estimate of drug-likeness (QED) is 0.860. The minimum atomic E-state index is -0.00805. The van der Waals surface area contributed by atoms with Crippen molar-refractivity contribution in [3.63, 3.8) is 0 Å². The van der Waals surface area contributed by atoms with Gasteiger partial charge in [-0.2, -0.15) is 0 Å². The summed E-state index contributed by atoms with van der Waals surface area (Å²) in [4.78, 5) is 18.8. The van der Waals surface area contributed by atoms with Crippen molar-refractivity contribution in [2.45, 2.75) is 32.2 Å². The maximum Gasteiger partial charge on any atom is 0.253 e. The lowest BCUT2D eigenvalue weighted by Gasteiger charge is -2.30. The average Bonchev–Trinajstić information content (AvgIpc) is 2.45. The van der Waals surface area contributed by atoms with Crippen LogP contribution in [0.25, 0.3) is 0 Å². The summed E-state index contributed by atoms with van der Waals surface area (Å²) in [5, 5.41) is 6.39. The Morgan fingerprint density at radius 1 is 1.55 bits per heavy atom. The topological polar surface area (TPSA) is 57.3 Å². The summed E-state index contributed by atoms with van der Waals surface area (Å²) in [6.07, 6.45) is 6.59. The number of carbonyl (C=O) groups excluding carboxylic acids is 1. The molecular formula is C15H24N4O. The van der Waals surface area contributed by atoms with E-state index in [4.69, 9.17) is 0 Å². The fourth-order valence-electron chi connectivity index (χ4n) is 2.54. The zero-order valence-electron chi connectivity index (χ0n) is 12.4. The van der Waals surface area contributed by atoms with E-state index in [2.05, 4.69) is 34.5 Å². The molecule has 1 aliphatic rings. The summed E-state index contributed by atoms with van der Waals surface area (Å²) in [5.41, 5.74) is 1.50. The van der Waals surface area contributed by atoms with E-state index in [1.807, 2.05) is 0 Å². The van der Waals surface area contributed by atoms with Gasteiger partial charge in [-0.15, -0.1) is 0 Å². The molecule has 5 nitrogen and oxygen atoms in total. The number of anilines is 1. The van der Waals surface area contributed by atoms with Crippen LogP contribution < -0.4 is 10.6 Å². The van der Waals surface area contributed by atoms with Crippen LogP contribution in [0.2, 0.25) is 0 Å². The van der Waals surface area contributed by atoms with Gasteiger partial charge in [0, 0.05) is 25.3 Å². The minimum absolute atomic E-state index is 0.00805. The molecule has 1 atom stereocenters. The number of amides is 1. The monoisotopic (exact) mass is 276 g/mol. The lowest BCUT2D eigenvalue weighted by molar-refractivity contribution is 0.0913. The van der Waals surface area contributed by atoms with E-state index in [9.17, 15) is 4.79 Å². The van der Waals surface area contributed by atoms with E-state index >= 15 is 0 Å². The van der Waals surface area contributed by atoms with E-state index in [-0.39, 0.29) is 11.9 Å². The maximum absolute atomic E-state index is 12.4. The van der Waals surface area contributed by atoms with E-state index in [1.54, 1.807) is 18.5 Å². The minimum Gasteiger partial charge on any atom is -0.383 e. The summed E-state index contributed by atoms with van der Waals surface area (Å²) in [6.45, 7) is 4.98. The first-order valence-electron chi connectivity index (χ1n) is 7.38. The largest absolute Gasteiger partial charge is 0.383 e. The van der Waals surface area contributed by atoms with E-state index in [0.29, 0.717) is 5.56 Å². The number of hydrogen-bond donors (Lipinski definition) is 2. The molecular weight excluding hydrogens is 252 g/mol. The van der Waals surface area contributed by atoms with Gasteiger partial charge in [-0.1, -0.05) is 6.92 Å². The Hall–Kier alpha value is -1.62. The molecule has 110 valence electrons. The number of rotatable bonds is 5. The molecule has 1 aromatic rings. The van der Waals surface area contributed by atoms with Crippen LogP contribution in [-0.2, 0) is 0 Å². The highest BCUT2D eigenvalue weighted by Crippen LogP contribution is 2.15. The second-order valence-corrected chi connectivity index (χ2v) is 5.42. The number of likely N-dealkylation sites (tertiary alicyclic amines) is 1. The van der Waals surface area contributed by atoms with Crippen LogP contribution in [0.15, 0.2) is 18.5 Å². The van der Waals surface area contributed by atoms with Crippen molar-refractivity contribution < 1.29 is 4.79 Å². The van der Waals surface area contributed by atoms with Crippen LogP contribution in [0.1, 0.15) is 36.5 Å². The van der Waals surface area contributed by atoms with Crippen LogP contribution in [0.4, 0.5) is 5.69 Å². The van der Waals surface area contributed by atoms with Crippen molar-refractivity contribution in [2.24, 2.45) is 0 Å². The highest BCUT2D eigenvalue weighted by atomic mass is 16.1. The first-order chi connectivity index (χ1) is 9.70. The molecule has 5 heteroatoms. The van der Waals surface area contributed by atoms with Crippen LogP contribution in [0.5, 0.6) is 0 Å². The molecule has 0 bridgehead atoms. The van der Waals surface area contributed by atoms with Crippen molar-refractivity contribution in [2.75, 3.05) is 32.0 Å². The first kappa shape index (κ1) is 14.8. The normalized spacial score (nSPS) is 19.6. The average molecular weight is 276 g/mol. The second-order valence-electron chi connectivity index (χ2n) is 5.42. The van der Waals surface area contributed by atoms with Crippen molar-refractivity contribution in [1.82, 2.24) is 15.2 Å². The molecule has 1 fully saturated rings. The maximum atomic E-state index is 12.4. The summed E-state index contributed by atoms with van der Waals surface area (Å²) in [5.74, 6) is -0.00805. The van der Waals surface area contributed by atoms with Crippen molar-refractivity contribution in [3.8, 4) is 0 Å². The summed E-state index contributed by atoms with van der Waals surface area (Å²) < 4.78 is 0. The van der Waals surface area contributed by atoms with Gasteiger partial charge in [-0.05, 0) is 38.9 Å². The molecule has 1 aliphatic heterocycles. The molecule has 1 aromatic heterocycles. The lowest BCUT2D eigenvalue weighted by atomic mass is 10.1. The van der Waals surface area contributed by atoms with Crippen LogP contribution in [-0.4, -0.2) is 48.5 Å². The van der Waals surface area contributed by atoms with Crippen molar-refractivity contribution >= 4 is 11.6 Å². The summed E-state index contributed by atoms with van der Waals surface area (Å²) in [6, 6.07) is 2.02. The zero-order chi connectivity index (χ0) is 14.4. The fraction of sp³-hybridized carbons (Fsp3) is 0.600. The molecule has 20 heavy (non-hydrogen) atoms. The van der Waals surface area contributed by atoms with Crippen molar-refractivity contribution in [1.29, 1.82) is 0 Å². The molecule has 0 spiro atoms. The van der Waals surface area contributed by atoms with Gasteiger partial charge < -0.3 is 15.5 Å². The molecule has 1 amide bonds. The number of pyridine rings is 1. The molecule has 2 heterocycles. The summed E-state index contributed by atoms with van der Waals surface area (Å²) in [7, 11) is 2.10. The number of aromatic nitrogens is 1. The van der Waals surface area contributed by atoms with E-state index in [1.165, 1.54) is 0 Å². The first-order valence-corrected chi connectivity index (χ1v) is 7.38. The number of hydrogen-bond acceptors (Lipinski definition) is 4. The number of nitrogens with zero attached hydrogens (tertiary/aromatic N) is 2. The fourth-order valence-corrected chi connectivity index (χ4v) is 2.54. The Balaban J connectivity index is 2.01. The third-order valence-electron chi connectivity index (χ3n) is 3.59. The zero-order valence-corrected chi connectivity index (χ0v) is 12.4. The Morgan fingerprint density at radius 2 is 2.40 bits per heavy atom. The molecule has 2 rings (SSSR count). The standard InChI is InChI=1S/C15H24N4O/c1-3-7-17-14-10-16-8-6-13(14)15(20)18-12-5-4-9-19(2)11-12/h6,8,10,12,17H,3-5,7,9,11H2,1-2H3,(H,18,20). The number of nitrogens with one attached hydrogen (secondary N) is 2. The Bertz CT molecular complexity index is 449. The Kier molecular flexibility index (Phi) is 5.35. The van der Waals surface area contributed by atoms with Gasteiger partial charge in [-0.3, -0.25) is 9.78 Å². The van der Waals surface area contributed by atoms with Gasteiger partial charge in [-0.25, -0.2) is 0 Å². The third kappa shape index (κ3) is 3.93. The van der Waals surface area contributed by atoms with Gasteiger partial charge in [0.2, 0.25) is 0 Å². The number of piperidine rings is 1. The predicted molar refractivity (Wildman–Crippen MR) is 81.0 cm³/mol. The Labute approximate surface area is 120 Å². The molecule has 2 N–H and O–H groups in total. The highest BCUT2D eigenvalue weighted by molar-refractivity contribution is 5.99.